The van der Waals surface area contributed by atoms with Gasteiger partial charge in [0, 0.05) is 6.42 Å². The molecule has 4 heteroatoms. The van der Waals surface area contributed by atoms with E-state index in [1.807, 2.05) is 12.2 Å². The lowest BCUT2D eigenvalue weighted by Crippen LogP contribution is -2.26. The lowest BCUT2D eigenvalue weighted by atomic mass is 10.1. The van der Waals surface area contributed by atoms with Crippen LogP contribution in [0.25, 0.3) is 0 Å². The van der Waals surface area contributed by atoms with E-state index in [1.165, 1.54) is 0 Å². The van der Waals surface area contributed by atoms with Crippen molar-refractivity contribution in [1.82, 2.24) is 0 Å². The van der Waals surface area contributed by atoms with Crippen LogP contribution in [0.1, 0.15) is 13.3 Å². The number of ether oxygens (including phenoxy) is 3. The Morgan fingerprint density at radius 2 is 2.46 bits per heavy atom. The van der Waals surface area contributed by atoms with E-state index in [-0.39, 0.29) is 18.3 Å². The zero-order valence-corrected chi connectivity index (χ0v) is 7.43. The summed E-state index contributed by atoms with van der Waals surface area (Å²) in [7, 11) is 0. The van der Waals surface area contributed by atoms with E-state index < -0.39 is 6.16 Å². The summed E-state index contributed by atoms with van der Waals surface area (Å²) >= 11 is 0. The molecule has 3 atom stereocenters. The van der Waals surface area contributed by atoms with Gasteiger partial charge in [0.2, 0.25) is 0 Å². The summed E-state index contributed by atoms with van der Waals surface area (Å²) in [6, 6.07) is 0. The van der Waals surface area contributed by atoms with Crippen molar-refractivity contribution < 1.29 is 19.0 Å². The Kier molecular flexibility index (Phi) is 2.22. The van der Waals surface area contributed by atoms with Gasteiger partial charge in [0.25, 0.3) is 0 Å². The SMILES string of the molecule is CCOC(=O)OC1CC2C=CC1O2. The highest BCUT2D eigenvalue weighted by Gasteiger charge is 2.39. The minimum Gasteiger partial charge on any atom is -0.435 e. The van der Waals surface area contributed by atoms with E-state index in [9.17, 15) is 4.79 Å². The van der Waals surface area contributed by atoms with Gasteiger partial charge in [0.15, 0.2) is 0 Å². The van der Waals surface area contributed by atoms with Crippen LogP contribution in [-0.2, 0) is 14.2 Å². The summed E-state index contributed by atoms with van der Waals surface area (Å²) in [5, 5.41) is 0. The quantitative estimate of drug-likeness (QED) is 0.478. The van der Waals surface area contributed by atoms with Crippen molar-refractivity contribution >= 4 is 6.16 Å². The highest BCUT2D eigenvalue weighted by molar-refractivity contribution is 5.60. The Hall–Kier alpha value is -1.03. The fourth-order valence-corrected chi connectivity index (χ4v) is 1.63. The maximum Gasteiger partial charge on any atom is 0.508 e. The summed E-state index contributed by atoms with van der Waals surface area (Å²) in [5.41, 5.74) is 0. The van der Waals surface area contributed by atoms with Crippen molar-refractivity contribution in [2.45, 2.75) is 31.7 Å². The van der Waals surface area contributed by atoms with Crippen molar-refractivity contribution in [2.24, 2.45) is 0 Å². The molecular formula is C9H12O4. The highest BCUT2D eigenvalue weighted by atomic mass is 16.7. The van der Waals surface area contributed by atoms with Gasteiger partial charge < -0.3 is 14.2 Å². The van der Waals surface area contributed by atoms with E-state index in [0.29, 0.717) is 6.61 Å². The third kappa shape index (κ3) is 1.67. The van der Waals surface area contributed by atoms with E-state index in [2.05, 4.69) is 4.74 Å². The number of rotatable bonds is 2. The molecule has 0 aromatic carbocycles. The van der Waals surface area contributed by atoms with Gasteiger partial charge in [-0.05, 0) is 6.92 Å². The smallest absolute Gasteiger partial charge is 0.435 e. The standard InChI is InChI=1S/C9H12O4/c1-2-11-9(10)13-8-5-6-3-4-7(8)12-6/h3-4,6-8H,2,5H2,1H3. The molecule has 1 saturated heterocycles. The molecule has 4 nitrogen and oxygen atoms in total. The first-order valence-corrected chi connectivity index (χ1v) is 4.47. The Labute approximate surface area is 76.5 Å². The molecular weight excluding hydrogens is 172 g/mol. The lowest BCUT2D eigenvalue weighted by Gasteiger charge is -2.15. The summed E-state index contributed by atoms with van der Waals surface area (Å²) in [4.78, 5) is 11.0. The Balaban J connectivity index is 1.83. The molecule has 0 aromatic rings. The predicted molar refractivity (Wildman–Crippen MR) is 44.3 cm³/mol. The van der Waals surface area contributed by atoms with Gasteiger partial charge in [-0.1, -0.05) is 12.2 Å². The molecule has 2 bridgehead atoms. The van der Waals surface area contributed by atoms with Gasteiger partial charge in [-0.25, -0.2) is 4.79 Å². The number of hydrogen-bond acceptors (Lipinski definition) is 4. The van der Waals surface area contributed by atoms with Gasteiger partial charge in [-0.15, -0.1) is 0 Å². The van der Waals surface area contributed by atoms with E-state index in [0.717, 1.165) is 6.42 Å². The second-order valence-corrected chi connectivity index (χ2v) is 3.10. The largest absolute Gasteiger partial charge is 0.508 e. The molecule has 13 heavy (non-hydrogen) atoms. The average molecular weight is 184 g/mol. The zero-order chi connectivity index (χ0) is 9.26. The number of fused-ring (bicyclic) bond motifs is 2. The third-order valence-corrected chi connectivity index (χ3v) is 2.19. The minimum atomic E-state index is -0.600. The number of carbonyl (C=O) groups excluding carboxylic acids is 1. The first-order valence-electron chi connectivity index (χ1n) is 4.47. The van der Waals surface area contributed by atoms with Crippen LogP contribution in [0.2, 0.25) is 0 Å². The fourth-order valence-electron chi connectivity index (χ4n) is 1.63. The molecule has 0 N–H and O–H groups in total. The molecule has 0 aliphatic carbocycles. The van der Waals surface area contributed by atoms with Crippen LogP contribution >= 0.6 is 0 Å². The molecule has 3 unspecified atom stereocenters. The van der Waals surface area contributed by atoms with Crippen LogP contribution in [0.3, 0.4) is 0 Å². The van der Waals surface area contributed by atoms with Gasteiger partial charge >= 0.3 is 6.16 Å². The van der Waals surface area contributed by atoms with Crippen LogP contribution in [0.15, 0.2) is 12.2 Å². The summed E-state index contributed by atoms with van der Waals surface area (Å²) in [6.45, 7) is 2.09. The fraction of sp³-hybridized carbons (Fsp3) is 0.667. The summed E-state index contributed by atoms with van der Waals surface area (Å²) < 4.78 is 15.1. The number of carbonyl (C=O) groups is 1. The molecule has 0 aromatic heterocycles. The van der Waals surface area contributed by atoms with Gasteiger partial charge in [0.1, 0.15) is 12.2 Å². The van der Waals surface area contributed by atoms with Crippen LogP contribution < -0.4 is 0 Å². The molecule has 1 fully saturated rings. The Morgan fingerprint density at radius 1 is 1.62 bits per heavy atom. The van der Waals surface area contributed by atoms with Crippen LogP contribution in [-0.4, -0.2) is 31.1 Å². The molecule has 72 valence electrons. The monoisotopic (exact) mass is 184 g/mol. The van der Waals surface area contributed by atoms with E-state index >= 15 is 0 Å². The molecule has 0 amide bonds. The Bertz CT molecular complexity index is 236. The van der Waals surface area contributed by atoms with E-state index in [4.69, 9.17) is 9.47 Å². The van der Waals surface area contributed by atoms with Gasteiger partial charge in [0.05, 0.1) is 12.7 Å². The maximum absolute atomic E-state index is 11.0. The second-order valence-electron chi connectivity index (χ2n) is 3.10. The molecule has 2 aliphatic heterocycles. The second kappa shape index (κ2) is 3.38. The highest BCUT2D eigenvalue weighted by Crippen LogP contribution is 2.30. The molecule has 0 radical (unpaired) electrons. The lowest BCUT2D eigenvalue weighted by molar-refractivity contribution is 0.00553. The molecule has 2 heterocycles. The van der Waals surface area contributed by atoms with E-state index in [1.54, 1.807) is 6.92 Å². The zero-order valence-electron chi connectivity index (χ0n) is 7.43. The maximum atomic E-state index is 11.0. The molecule has 0 saturated carbocycles. The van der Waals surface area contributed by atoms with Crippen molar-refractivity contribution in [3.63, 3.8) is 0 Å². The first-order chi connectivity index (χ1) is 6.29. The molecule has 2 aliphatic rings. The predicted octanol–water partition coefficient (Wildman–Crippen LogP) is 1.26. The first kappa shape index (κ1) is 8.56. The van der Waals surface area contributed by atoms with Gasteiger partial charge in [-0.2, -0.15) is 0 Å². The third-order valence-electron chi connectivity index (χ3n) is 2.19. The average Bonchev–Trinajstić information content (AvgIpc) is 2.65. The van der Waals surface area contributed by atoms with Crippen LogP contribution in [0.4, 0.5) is 4.79 Å². The normalized spacial score (nSPS) is 35.0. The van der Waals surface area contributed by atoms with Crippen molar-refractivity contribution in [3.8, 4) is 0 Å². The van der Waals surface area contributed by atoms with Crippen molar-refractivity contribution in [2.75, 3.05) is 6.61 Å². The minimum absolute atomic E-state index is 0.0607. The summed E-state index contributed by atoms with van der Waals surface area (Å²) in [6.07, 6.45) is 3.98. The summed E-state index contributed by atoms with van der Waals surface area (Å²) in [5.74, 6) is 0. The van der Waals surface area contributed by atoms with Crippen LogP contribution in [0.5, 0.6) is 0 Å². The topological polar surface area (TPSA) is 44.8 Å². The van der Waals surface area contributed by atoms with Gasteiger partial charge in [-0.3, -0.25) is 0 Å². The van der Waals surface area contributed by atoms with Crippen molar-refractivity contribution in [3.05, 3.63) is 12.2 Å². The van der Waals surface area contributed by atoms with Crippen LogP contribution in [0, 0.1) is 0 Å². The van der Waals surface area contributed by atoms with Crippen molar-refractivity contribution in [1.29, 1.82) is 0 Å². The number of hydrogen-bond donors (Lipinski definition) is 0. The molecule has 0 spiro atoms. The Morgan fingerprint density at radius 3 is 3.00 bits per heavy atom. The molecule has 2 rings (SSSR count).